The second kappa shape index (κ2) is 12.1. The molecular weight excluding hydrogens is 497 g/mol. The third-order valence-electron chi connectivity index (χ3n) is 6.64. The van der Waals surface area contributed by atoms with E-state index in [1.807, 2.05) is 4.90 Å². The molecule has 3 rings (SSSR count). The molecule has 0 radical (unpaired) electrons. The molecule has 3 atom stereocenters. The number of nitrogens with one attached hydrogen (secondary N) is 2. The lowest BCUT2D eigenvalue weighted by molar-refractivity contribution is -0.133. The van der Waals surface area contributed by atoms with Crippen molar-refractivity contribution in [3.8, 4) is 0 Å². The Bertz CT molecular complexity index is 607. The van der Waals surface area contributed by atoms with Crippen LogP contribution in [-0.2, 0) is 14.3 Å². The lowest BCUT2D eigenvalue weighted by atomic mass is 9.95. The summed E-state index contributed by atoms with van der Waals surface area (Å²) in [7, 11) is 5.13. The van der Waals surface area contributed by atoms with E-state index in [1.54, 1.807) is 26.1 Å². The molecule has 172 valence electrons. The van der Waals surface area contributed by atoms with Gasteiger partial charge in [0.25, 0.3) is 0 Å². The normalized spacial score (nSPS) is 26.3. The van der Waals surface area contributed by atoms with Crippen molar-refractivity contribution in [3.63, 3.8) is 0 Å². The van der Waals surface area contributed by atoms with Crippen molar-refractivity contribution in [2.75, 3.05) is 47.4 Å². The standard InChI is InChI=1S/C21H37N5O3.HI/c1-25(2)20(28)14-22-21(24-18-13-15-4-5-16(18)12-15)23-17-6-9-26(10-7-17)19(27)8-11-29-3;/h15-18H,4-14H2,1-3H3,(H2,22,23,24);1H. The van der Waals surface area contributed by atoms with Gasteiger partial charge in [0.2, 0.25) is 11.8 Å². The number of methoxy groups -OCH3 is 1. The van der Waals surface area contributed by atoms with Crippen LogP contribution in [0.1, 0.15) is 44.9 Å². The van der Waals surface area contributed by atoms with Gasteiger partial charge in [-0.1, -0.05) is 6.42 Å². The van der Waals surface area contributed by atoms with Gasteiger partial charge in [-0.25, -0.2) is 4.99 Å². The van der Waals surface area contributed by atoms with Gasteiger partial charge in [0, 0.05) is 46.4 Å². The van der Waals surface area contributed by atoms with E-state index in [0.717, 1.165) is 43.7 Å². The molecule has 9 heteroatoms. The highest BCUT2D eigenvalue weighted by molar-refractivity contribution is 14.0. The zero-order chi connectivity index (χ0) is 20.8. The van der Waals surface area contributed by atoms with Gasteiger partial charge in [0.1, 0.15) is 6.54 Å². The summed E-state index contributed by atoms with van der Waals surface area (Å²) in [6.45, 7) is 2.12. The summed E-state index contributed by atoms with van der Waals surface area (Å²) in [4.78, 5) is 32.3. The Kier molecular flexibility index (Phi) is 10.1. The average Bonchev–Trinajstić information content (AvgIpc) is 3.33. The Morgan fingerprint density at radius 2 is 1.83 bits per heavy atom. The topological polar surface area (TPSA) is 86.3 Å². The number of rotatable bonds is 7. The minimum atomic E-state index is -0.00222. The molecule has 0 spiro atoms. The van der Waals surface area contributed by atoms with E-state index in [0.29, 0.717) is 19.1 Å². The van der Waals surface area contributed by atoms with E-state index in [2.05, 4.69) is 15.6 Å². The largest absolute Gasteiger partial charge is 0.384 e. The molecule has 0 aromatic rings. The number of nitrogens with zero attached hydrogens (tertiary/aromatic N) is 3. The van der Waals surface area contributed by atoms with Crippen LogP contribution in [0.25, 0.3) is 0 Å². The summed E-state index contributed by atoms with van der Waals surface area (Å²) in [5, 5.41) is 7.17. The zero-order valence-electron chi connectivity index (χ0n) is 18.6. The van der Waals surface area contributed by atoms with Gasteiger partial charge in [-0.3, -0.25) is 9.59 Å². The van der Waals surface area contributed by atoms with Crippen LogP contribution < -0.4 is 10.6 Å². The molecule has 0 aromatic carbocycles. The maximum atomic E-state index is 12.2. The van der Waals surface area contributed by atoms with E-state index in [4.69, 9.17) is 4.74 Å². The number of amides is 2. The number of halogens is 1. The molecule has 3 aliphatic rings. The number of likely N-dealkylation sites (tertiary alicyclic amines) is 1. The Balaban J connectivity index is 0.00000320. The van der Waals surface area contributed by atoms with E-state index in [1.165, 1.54) is 25.7 Å². The quantitative estimate of drug-likeness (QED) is 0.293. The summed E-state index contributed by atoms with van der Waals surface area (Å²) in [5.41, 5.74) is 0. The molecule has 8 nitrogen and oxygen atoms in total. The van der Waals surface area contributed by atoms with Crippen LogP contribution in [-0.4, -0.2) is 87.1 Å². The highest BCUT2D eigenvalue weighted by Gasteiger charge is 2.40. The molecule has 0 aromatic heterocycles. The predicted octanol–water partition coefficient (Wildman–Crippen LogP) is 1.44. The van der Waals surface area contributed by atoms with Crippen LogP contribution in [0.15, 0.2) is 4.99 Å². The molecule has 2 amide bonds. The predicted molar refractivity (Wildman–Crippen MR) is 128 cm³/mol. The Morgan fingerprint density at radius 1 is 1.10 bits per heavy atom. The molecule has 2 aliphatic carbocycles. The van der Waals surface area contributed by atoms with E-state index >= 15 is 0 Å². The Morgan fingerprint density at radius 3 is 2.40 bits per heavy atom. The second-order valence-electron chi connectivity index (χ2n) is 8.92. The lowest BCUT2D eigenvalue weighted by Gasteiger charge is -2.34. The third-order valence-corrected chi connectivity index (χ3v) is 6.64. The van der Waals surface area contributed by atoms with Crippen molar-refractivity contribution in [1.82, 2.24) is 20.4 Å². The third kappa shape index (κ3) is 6.96. The molecule has 2 bridgehead atoms. The summed E-state index contributed by atoms with van der Waals surface area (Å²) in [6.07, 6.45) is 7.41. The molecule has 1 saturated heterocycles. The van der Waals surface area contributed by atoms with Crippen molar-refractivity contribution >= 4 is 41.8 Å². The number of carbonyl (C=O) groups is 2. The number of aliphatic imine (C=N–C) groups is 1. The lowest BCUT2D eigenvalue weighted by Crippen LogP contribution is -2.52. The fourth-order valence-corrected chi connectivity index (χ4v) is 4.83. The van der Waals surface area contributed by atoms with Crippen LogP contribution in [0.3, 0.4) is 0 Å². The monoisotopic (exact) mass is 535 g/mol. The highest BCUT2D eigenvalue weighted by atomic mass is 127. The summed E-state index contributed by atoms with van der Waals surface area (Å²) in [5.74, 6) is 2.50. The second-order valence-corrected chi connectivity index (χ2v) is 8.92. The van der Waals surface area contributed by atoms with E-state index in [-0.39, 0.29) is 48.4 Å². The molecular formula is C21H38IN5O3. The Hall–Kier alpha value is -1.10. The first-order chi connectivity index (χ1) is 14.0. The first-order valence-electron chi connectivity index (χ1n) is 11.0. The number of piperidine rings is 1. The van der Waals surface area contributed by atoms with Crippen LogP contribution in [0.2, 0.25) is 0 Å². The maximum Gasteiger partial charge on any atom is 0.243 e. The number of hydrogen-bond acceptors (Lipinski definition) is 4. The van der Waals surface area contributed by atoms with Gasteiger partial charge < -0.3 is 25.2 Å². The van der Waals surface area contributed by atoms with Crippen molar-refractivity contribution < 1.29 is 14.3 Å². The van der Waals surface area contributed by atoms with Gasteiger partial charge in [-0.05, 0) is 43.9 Å². The number of ether oxygens (including phenoxy) is 1. The molecule has 1 heterocycles. The molecule has 2 N–H and O–H groups in total. The van der Waals surface area contributed by atoms with Crippen LogP contribution in [0.4, 0.5) is 0 Å². The number of carbonyl (C=O) groups excluding carboxylic acids is 2. The van der Waals surface area contributed by atoms with E-state index < -0.39 is 0 Å². The van der Waals surface area contributed by atoms with Crippen LogP contribution >= 0.6 is 24.0 Å². The maximum absolute atomic E-state index is 12.2. The number of fused-ring (bicyclic) bond motifs is 2. The minimum absolute atomic E-state index is 0. The van der Waals surface area contributed by atoms with Gasteiger partial charge in [-0.2, -0.15) is 0 Å². The first-order valence-corrected chi connectivity index (χ1v) is 11.0. The van der Waals surface area contributed by atoms with Crippen molar-refractivity contribution in [3.05, 3.63) is 0 Å². The fraction of sp³-hybridized carbons (Fsp3) is 0.857. The van der Waals surface area contributed by atoms with Gasteiger partial charge in [-0.15, -0.1) is 24.0 Å². The summed E-state index contributed by atoms with van der Waals surface area (Å²) in [6, 6.07) is 0.728. The first kappa shape index (κ1) is 25.2. The van der Waals surface area contributed by atoms with Crippen LogP contribution in [0.5, 0.6) is 0 Å². The van der Waals surface area contributed by atoms with Crippen LogP contribution in [0, 0.1) is 11.8 Å². The smallest absolute Gasteiger partial charge is 0.243 e. The SMILES string of the molecule is COCCC(=O)N1CCC(NC(=NCC(=O)N(C)C)NC2CC3CCC2C3)CC1.I. The molecule has 3 unspecified atom stereocenters. The van der Waals surface area contributed by atoms with Gasteiger partial charge in [0.15, 0.2) is 5.96 Å². The van der Waals surface area contributed by atoms with Crippen molar-refractivity contribution in [2.45, 2.75) is 57.0 Å². The minimum Gasteiger partial charge on any atom is -0.384 e. The fourth-order valence-electron chi connectivity index (χ4n) is 4.83. The van der Waals surface area contributed by atoms with Gasteiger partial charge >= 0.3 is 0 Å². The number of likely N-dealkylation sites (N-methyl/N-ethyl adjacent to an activating group) is 1. The zero-order valence-corrected chi connectivity index (χ0v) is 20.9. The molecule has 2 saturated carbocycles. The Labute approximate surface area is 197 Å². The van der Waals surface area contributed by atoms with E-state index in [9.17, 15) is 9.59 Å². The summed E-state index contributed by atoms with van der Waals surface area (Å²) < 4.78 is 5.01. The molecule has 30 heavy (non-hydrogen) atoms. The average molecular weight is 535 g/mol. The highest BCUT2D eigenvalue weighted by Crippen LogP contribution is 2.44. The summed E-state index contributed by atoms with van der Waals surface area (Å²) >= 11 is 0. The number of guanidine groups is 1. The van der Waals surface area contributed by atoms with Crippen molar-refractivity contribution in [1.29, 1.82) is 0 Å². The molecule has 3 fully saturated rings. The number of hydrogen-bond donors (Lipinski definition) is 2. The van der Waals surface area contributed by atoms with Gasteiger partial charge in [0.05, 0.1) is 13.0 Å². The van der Waals surface area contributed by atoms with Crippen molar-refractivity contribution in [2.24, 2.45) is 16.8 Å². The molecule has 1 aliphatic heterocycles.